The third-order valence-corrected chi connectivity index (χ3v) is 2.77. The minimum Gasteiger partial charge on any atom is -0.382 e. The van der Waals surface area contributed by atoms with E-state index in [0.717, 1.165) is 19.5 Å². The lowest BCUT2D eigenvalue weighted by molar-refractivity contribution is -0.135. The van der Waals surface area contributed by atoms with Gasteiger partial charge in [0.25, 0.3) is 0 Å². The molecule has 1 saturated heterocycles. The summed E-state index contributed by atoms with van der Waals surface area (Å²) in [5.74, 6) is -0.0694. The standard InChI is InChI=1S/C12H24N2O4/c1-12(9-13-10-12)18-8-11(15)14-4-3-5-17-7-6-16-2/h13H,3-10H2,1-2H3,(H,14,15). The molecule has 1 rings (SSSR count). The first kappa shape index (κ1) is 15.4. The molecule has 18 heavy (non-hydrogen) atoms. The third kappa shape index (κ3) is 6.30. The zero-order chi connectivity index (χ0) is 13.3. The van der Waals surface area contributed by atoms with Crippen LogP contribution in [-0.2, 0) is 19.0 Å². The number of carbonyl (C=O) groups excluding carboxylic acids is 1. The summed E-state index contributed by atoms with van der Waals surface area (Å²) >= 11 is 0. The average molecular weight is 260 g/mol. The number of hydrogen-bond acceptors (Lipinski definition) is 5. The van der Waals surface area contributed by atoms with Crippen molar-refractivity contribution in [1.29, 1.82) is 0 Å². The van der Waals surface area contributed by atoms with Crippen molar-refractivity contribution in [2.24, 2.45) is 0 Å². The Morgan fingerprint density at radius 3 is 2.72 bits per heavy atom. The molecule has 1 fully saturated rings. The van der Waals surface area contributed by atoms with E-state index >= 15 is 0 Å². The molecule has 0 aromatic rings. The van der Waals surface area contributed by atoms with Crippen molar-refractivity contribution in [2.75, 3.05) is 53.2 Å². The van der Waals surface area contributed by atoms with Crippen molar-refractivity contribution in [1.82, 2.24) is 10.6 Å². The summed E-state index contributed by atoms with van der Waals surface area (Å²) in [6, 6.07) is 0. The smallest absolute Gasteiger partial charge is 0.246 e. The van der Waals surface area contributed by atoms with Crippen molar-refractivity contribution in [3.8, 4) is 0 Å². The number of methoxy groups -OCH3 is 1. The number of ether oxygens (including phenoxy) is 3. The molecule has 0 atom stereocenters. The zero-order valence-electron chi connectivity index (χ0n) is 11.3. The fourth-order valence-corrected chi connectivity index (χ4v) is 1.52. The van der Waals surface area contributed by atoms with Crippen LogP contribution in [0.25, 0.3) is 0 Å². The SMILES string of the molecule is COCCOCCCNC(=O)COC1(C)CNC1. The molecule has 0 bridgehead atoms. The summed E-state index contributed by atoms with van der Waals surface area (Å²) in [6.45, 7) is 6.20. The van der Waals surface area contributed by atoms with Gasteiger partial charge in [-0.2, -0.15) is 0 Å². The van der Waals surface area contributed by atoms with E-state index in [9.17, 15) is 4.79 Å². The molecule has 0 saturated carbocycles. The Morgan fingerprint density at radius 2 is 2.11 bits per heavy atom. The maximum Gasteiger partial charge on any atom is 0.246 e. The summed E-state index contributed by atoms with van der Waals surface area (Å²) in [5.41, 5.74) is -0.166. The van der Waals surface area contributed by atoms with Gasteiger partial charge in [0, 0.05) is 33.4 Å². The second-order valence-electron chi connectivity index (χ2n) is 4.65. The molecular weight excluding hydrogens is 236 g/mol. The van der Waals surface area contributed by atoms with Gasteiger partial charge in [-0.15, -0.1) is 0 Å². The third-order valence-electron chi connectivity index (χ3n) is 2.77. The highest BCUT2D eigenvalue weighted by Gasteiger charge is 2.32. The predicted molar refractivity (Wildman–Crippen MR) is 67.5 cm³/mol. The van der Waals surface area contributed by atoms with Gasteiger partial charge in [0.2, 0.25) is 5.91 Å². The minimum atomic E-state index is -0.166. The van der Waals surface area contributed by atoms with Gasteiger partial charge in [-0.1, -0.05) is 0 Å². The van der Waals surface area contributed by atoms with E-state index in [-0.39, 0.29) is 18.1 Å². The van der Waals surface area contributed by atoms with Gasteiger partial charge in [0.15, 0.2) is 0 Å². The highest BCUT2D eigenvalue weighted by molar-refractivity contribution is 5.77. The van der Waals surface area contributed by atoms with Gasteiger partial charge in [0.05, 0.1) is 18.8 Å². The lowest BCUT2D eigenvalue weighted by Gasteiger charge is -2.38. The maximum atomic E-state index is 11.4. The van der Waals surface area contributed by atoms with E-state index in [1.54, 1.807) is 7.11 Å². The Labute approximate surface area is 108 Å². The molecule has 6 nitrogen and oxygen atoms in total. The van der Waals surface area contributed by atoms with E-state index in [4.69, 9.17) is 14.2 Å². The first-order valence-corrected chi connectivity index (χ1v) is 6.34. The van der Waals surface area contributed by atoms with Gasteiger partial charge >= 0.3 is 0 Å². The van der Waals surface area contributed by atoms with E-state index in [1.807, 2.05) is 6.92 Å². The van der Waals surface area contributed by atoms with Crippen LogP contribution < -0.4 is 10.6 Å². The molecule has 6 heteroatoms. The molecule has 0 radical (unpaired) electrons. The first-order valence-electron chi connectivity index (χ1n) is 6.34. The Balaban J connectivity index is 1.87. The molecule has 0 aliphatic carbocycles. The topological polar surface area (TPSA) is 68.8 Å². The predicted octanol–water partition coefficient (Wildman–Crippen LogP) is -0.466. The Bertz CT molecular complexity index is 244. The highest BCUT2D eigenvalue weighted by Crippen LogP contribution is 2.14. The monoisotopic (exact) mass is 260 g/mol. The van der Waals surface area contributed by atoms with Crippen LogP contribution in [0.5, 0.6) is 0 Å². The number of amides is 1. The second-order valence-corrected chi connectivity index (χ2v) is 4.65. The fourth-order valence-electron chi connectivity index (χ4n) is 1.52. The van der Waals surface area contributed by atoms with Gasteiger partial charge in [0.1, 0.15) is 6.61 Å². The average Bonchev–Trinajstić information content (AvgIpc) is 2.33. The number of carbonyl (C=O) groups is 1. The van der Waals surface area contributed by atoms with Crippen LogP contribution >= 0.6 is 0 Å². The Kier molecular flexibility index (Phi) is 7.19. The van der Waals surface area contributed by atoms with Gasteiger partial charge in [-0.3, -0.25) is 4.79 Å². The fraction of sp³-hybridized carbons (Fsp3) is 0.917. The van der Waals surface area contributed by atoms with Crippen LogP contribution in [0, 0.1) is 0 Å². The molecule has 0 aromatic carbocycles. The molecular formula is C12H24N2O4. The van der Waals surface area contributed by atoms with Crippen LogP contribution in [0.3, 0.4) is 0 Å². The first-order chi connectivity index (χ1) is 8.66. The van der Waals surface area contributed by atoms with Crippen molar-refractivity contribution in [2.45, 2.75) is 18.9 Å². The summed E-state index contributed by atoms with van der Waals surface area (Å²) < 4.78 is 15.6. The number of rotatable bonds is 10. The number of nitrogens with one attached hydrogen (secondary N) is 2. The molecule has 1 heterocycles. The lowest BCUT2D eigenvalue weighted by Crippen LogP contribution is -2.59. The van der Waals surface area contributed by atoms with Crippen molar-refractivity contribution in [3.05, 3.63) is 0 Å². The Hall–Kier alpha value is -0.690. The van der Waals surface area contributed by atoms with E-state index < -0.39 is 0 Å². The van der Waals surface area contributed by atoms with E-state index in [0.29, 0.717) is 26.4 Å². The molecule has 0 aromatic heterocycles. The quantitative estimate of drug-likeness (QED) is 0.520. The van der Waals surface area contributed by atoms with Crippen molar-refractivity contribution < 1.29 is 19.0 Å². The minimum absolute atomic E-state index is 0.0694. The van der Waals surface area contributed by atoms with E-state index in [1.165, 1.54) is 0 Å². The van der Waals surface area contributed by atoms with Crippen molar-refractivity contribution in [3.63, 3.8) is 0 Å². The molecule has 106 valence electrons. The molecule has 1 aliphatic rings. The molecule has 1 amide bonds. The van der Waals surface area contributed by atoms with Crippen molar-refractivity contribution >= 4 is 5.91 Å². The summed E-state index contributed by atoms with van der Waals surface area (Å²) in [4.78, 5) is 11.4. The van der Waals surface area contributed by atoms with Gasteiger partial charge in [-0.05, 0) is 13.3 Å². The highest BCUT2D eigenvalue weighted by atomic mass is 16.5. The van der Waals surface area contributed by atoms with Gasteiger partial charge in [-0.25, -0.2) is 0 Å². The Morgan fingerprint density at radius 1 is 1.33 bits per heavy atom. The largest absolute Gasteiger partial charge is 0.382 e. The summed E-state index contributed by atoms with van der Waals surface area (Å²) in [6.07, 6.45) is 0.800. The van der Waals surface area contributed by atoms with Crippen LogP contribution in [0.2, 0.25) is 0 Å². The van der Waals surface area contributed by atoms with Crippen LogP contribution in [0.4, 0.5) is 0 Å². The zero-order valence-corrected chi connectivity index (χ0v) is 11.3. The molecule has 2 N–H and O–H groups in total. The molecule has 0 spiro atoms. The molecule has 1 aliphatic heterocycles. The summed E-state index contributed by atoms with van der Waals surface area (Å²) in [5, 5.41) is 5.92. The molecule has 0 unspecified atom stereocenters. The van der Waals surface area contributed by atoms with Crippen LogP contribution in [-0.4, -0.2) is 64.7 Å². The summed E-state index contributed by atoms with van der Waals surface area (Å²) in [7, 11) is 1.64. The van der Waals surface area contributed by atoms with Crippen LogP contribution in [0.1, 0.15) is 13.3 Å². The van der Waals surface area contributed by atoms with Crippen LogP contribution in [0.15, 0.2) is 0 Å². The van der Waals surface area contributed by atoms with E-state index in [2.05, 4.69) is 10.6 Å². The van der Waals surface area contributed by atoms with Gasteiger partial charge < -0.3 is 24.8 Å². The maximum absolute atomic E-state index is 11.4. The normalized spacial score (nSPS) is 17.2. The number of hydrogen-bond donors (Lipinski definition) is 2. The lowest BCUT2D eigenvalue weighted by atomic mass is 10.0. The second kappa shape index (κ2) is 8.42.